The number of hydrogen-bond acceptors (Lipinski definition) is 5. The third-order valence-electron chi connectivity index (χ3n) is 7.56. The van der Waals surface area contributed by atoms with Crippen molar-refractivity contribution in [2.45, 2.75) is 64.3 Å². The summed E-state index contributed by atoms with van der Waals surface area (Å²) in [6, 6.07) is 29.8. The minimum Gasteiger partial charge on any atom is -0.352 e. The maximum absolute atomic E-state index is 12.2. The van der Waals surface area contributed by atoms with Gasteiger partial charge in [0.25, 0.3) is 0 Å². The van der Waals surface area contributed by atoms with Crippen LogP contribution < -0.4 is 10.6 Å². The lowest BCUT2D eigenvalue weighted by molar-refractivity contribution is -0.119. The SMILES string of the molecule is CC(=O)N[C@@H](Cc1ccccc1)CN(Cc1ccc(CNCc2ccccn2)cc1)C1CCCc2cccnc21. The number of fused-ring (bicyclic) bond motifs is 1. The molecule has 0 aliphatic heterocycles. The molecule has 40 heavy (non-hydrogen) atoms. The van der Waals surface area contributed by atoms with Crippen molar-refractivity contribution >= 4 is 5.91 Å². The van der Waals surface area contributed by atoms with Gasteiger partial charge in [-0.25, -0.2) is 0 Å². The largest absolute Gasteiger partial charge is 0.352 e. The number of nitrogens with one attached hydrogen (secondary N) is 2. The van der Waals surface area contributed by atoms with E-state index < -0.39 is 0 Å². The molecule has 1 aliphatic rings. The summed E-state index contributed by atoms with van der Waals surface area (Å²) in [7, 11) is 0. The Balaban J connectivity index is 1.32. The molecule has 2 aromatic heterocycles. The van der Waals surface area contributed by atoms with E-state index in [0.717, 1.165) is 57.6 Å². The van der Waals surface area contributed by atoms with Crippen molar-refractivity contribution < 1.29 is 4.79 Å². The van der Waals surface area contributed by atoms with Crippen LogP contribution in [0.2, 0.25) is 0 Å². The van der Waals surface area contributed by atoms with Crippen molar-refractivity contribution in [1.82, 2.24) is 25.5 Å². The summed E-state index contributed by atoms with van der Waals surface area (Å²) in [5.74, 6) is 0.00519. The number of aryl methyl sites for hydroxylation is 1. The van der Waals surface area contributed by atoms with Crippen molar-refractivity contribution in [3.63, 3.8) is 0 Å². The number of hydrogen-bond donors (Lipinski definition) is 2. The second kappa shape index (κ2) is 14.0. The van der Waals surface area contributed by atoms with E-state index in [4.69, 9.17) is 4.98 Å². The molecule has 0 saturated carbocycles. The lowest BCUT2D eigenvalue weighted by Gasteiger charge is -2.37. The fourth-order valence-electron chi connectivity index (χ4n) is 5.71. The van der Waals surface area contributed by atoms with Gasteiger partial charge in [-0.3, -0.25) is 19.7 Å². The molecular formula is C34H39N5O. The molecular weight excluding hydrogens is 494 g/mol. The molecule has 1 unspecified atom stereocenters. The molecule has 1 amide bonds. The zero-order valence-corrected chi connectivity index (χ0v) is 23.3. The van der Waals surface area contributed by atoms with E-state index in [1.165, 1.54) is 27.9 Å². The lowest BCUT2D eigenvalue weighted by atomic mass is 9.90. The summed E-state index contributed by atoms with van der Waals surface area (Å²) < 4.78 is 0. The second-order valence-electron chi connectivity index (χ2n) is 10.7. The molecule has 206 valence electrons. The van der Waals surface area contributed by atoms with E-state index in [1.54, 1.807) is 6.92 Å². The number of benzene rings is 2. The van der Waals surface area contributed by atoms with E-state index in [1.807, 2.05) is 42.7 Å². The van der Waals surface area contributed by atoms with Crippen LogP contribution in [-0.2, 0) is 37.3 Å². The number of nitrogens with zero attached hydrogens (tertiary/aromatic N) is 3. The van der Waals surface area contributed by atoms with Crippen molar-refractivity contribution in [1.29, 1.82) is 0 Å². The minimum absolute atomic E-state index is 0.00376. The van der Waals surface area contributed by atoms with E-state index in [0.29, 0.717) is 0 Å². The monoisotopic (exact) mass is 533 g/mol. The first-order chi connectivity index (χ1) is 19.6. The Labute approximate surface area is 237 Å². The summed E-state index contributed by atoms with van der Waals surface area (Å²) in [4.78, 5) is 24.0. The van der Waals surface area contributed by atoms with Gasteiger partial charge in [-0.2, -0.15) is 0 Å². The Hall–Kier alpha value is -3.87. The zero-order valence-electron chi connectivity index (χ0n) is 23.3. The van der Waals surface area contributed by atoms with Gasteiger partial charge < -0.3 is 10.6 Å². The average Bonchev–Trinajstić information content (AvgIpc) is 2.98. The van der Waals surface area contributed by atoms with Crippen molar-refractivity contribution in [3.8, 4) is 0 Å². The molecule has 0 spiro atoms. The van der Waals surface area contributed by atoms with Gasteiger partial charge in [0.2, 0.25) is 5.91 Å². The number of amides is 1. The van der Waals surface area contributed by atoms with Gasteiger partial charge in [-0.15, -0.1) is 0 Å². The van der Waals surface area contributed by atoms with E-state index >= 15 is 0 Å². The van der Waals surface area contributed by atoms with Crippen LogP contribution >= 0.6 is 0 Å². The zero-order chi connectivity index (χ0) is 27.6. The summed E-state index contributed by atoms with van der Waals surface area (Å²) in [5.41, 5.74) is 7.31. The predicted octanol–water partition coefficient (Wildman–Crippen LogP) is 5.39. The second-order valence-corrected chi connectivity index (χ2v) is 10.7. The highest BCUT2D eigenvalue weighted by atomic mass is 16.1. The molecule has 6 heteroatoms. The van der Waals surface area contributed by atoms with Crippen LogP contribution in [0.25, 0.3) is 0 Å². The molecule has 2 N–H and O–H groups in total. The first kappa shape index (κ1) is 27.7. The van der Waals surface area contributed by atoms with Gasteiger partial charge >= 0.3 is 0 Å². The minimum atomic E-state index is 0.00376. The van der Waals surface area contributed by atoms with Crippen LogP contribution in [0.3, 0.4) is 0 Å². The highest BCUT2D eigenvalue weighted by Crippen LogP contribution is 2.34. The average molecular weight is 534 g/mol. The van der Waals surface area contributed by atoms with Crippen LogP contribution in [0.5, 0.6) is 0 Å². The maximum Gasteiger partial charge on any atom is 0.217 e. The van der Waals surface area contributed by atoms with Gasteiger partial charge in [-0.1, -0.05) is 66.7 Å². The smallest absolute Gasteiger partial charge is 0.217 e. The quantitative estimate of drug-likeness (QED) is 0.255. The van der Waals surface area contributed by atoms with E-state index in [2.05, 4.69) is 75.1 Å². The molecule has 4 aromatic rings. The third kappa shape index (κ3) is 7.84. The molecule has 0 radical (unpaired) electrons. The molecule has 5 rings (SSSR count). The normalized spacial score (nSPS) is 15.4. The van der Waals surface area contributed by atoms with Gasteiger partial charge in [0.1, 0.15) is 0 Å². The Morgan fingerprint density at radius 2 is 1.65 bits per heavy atom. The lowest BCUT2D eigenvalue weighted by Crippen LogP contribution is -2.46. The topological polar surface area (TPSA) is 70.2 Å². The fraction of sp³-hybridized carbons (Fsp3) is 0.324. The van der Waals surface area contributed by atoms with Gasteiger partial charge in [0.05, 0.1) is 17.4 Å². The Kier molecular flexibility index (Phi) is 9.67. The van der Waals surface area contributed by atoms with Crippen LogP contribution in [0.15, 0.2) is 97.3 Å². The molecule has 2 heterocycles. The van der Waals surface area contributed by atoms with Crippen molar-refractivity contribution in [3.05, 3.63) is 131 Å². The van der Waals surface area contributed by atoms with Crippen molar-refractivity contribution in [2.24, 2.45) is 0 Å². The molecule has 0 saturated heterocycles. The van der Waals surface area contributed by atoms with E-state index in [-0.39, 0.29) is 18.0 Å². The van der Waals surface area contributed by atoms with Crippen molar-refractivity contribution in [2.75, 3.05) is 6.54 Å². The Bertz CT molecular complexity index is 1340. The molecule has 6 nitrogen and oxygen atoms in total. The number of rotatable bonds is 12. The molecule has 2 aromatic carbocycles. The highest BCUT2D eigenvalue weighted by Gasteiger charge is 2.29. The summed E-state index contributed by atoms with van der Waals surface area (Å²) >= 11 is 0. The van der Waals surface area contributed by atoms with Crippen LogP contribution in [-0.4, -0.2) is 33.4 Å². The van der Waals surface area contributed by atoms with Gasteiger partial charge in [0, 0.05) is 51.5 Å². The van der Waals surface area contributed by atoms with Crippen LogP contribution in [0, 0.1) is 0 Å². The Morgan fingerprint density at radius 1 is 0.875 bits per heavy atom. The van der Waals surface area contributed by atoms with Crippen LogP contribution in [0.1, 0.15) is 59.4 Å². The highest BCUT2D eigenvalue weighted by molar-refractivity contribution is 5.73. The number of pyridine rings is 2. The van der Waals surface area contributed by atoms with E-state index in [9.17, 15) is 4.79 Å². The maximum atomic E-state index is 12.2. The summed E-state index contributed by atoms with van der Waals surface area (Å²) in [6.07, 6.45) is 7.82. The fourth-order valence-corrected chi connectivity index (χ4v) is 5.71. The first-order valence-electron chi connectivity index (χ1n) is 14.3. The number of carbonyl (C=O) groups is 1. The summed E-state index contributed by atoms with van der Waals surface area (Å²) in [6.45, 7) is 4.70. The number of aromatic nitrogens is 2. The summed E-state index contributed by atoms with van der Waals surface area (Å²) in [5, 5.41) is 6.73. The molecule has 0 fully saturated rings. The predicted molar refractivity (Wildman–Crippen MR) is 159 cm³/mol. The van der Waals surface area contributed by atoms with Gasteiger partial charge in [0.15, 0.2) is 0 Å². The van der Waals surface area contributed by atoms with Gasteiger partial charge in [-0.05, 0) is 66.1 Å². The van der Waals surface area contributed by atoms with Crippen LogP contribution in [0.4, 0.5) is 0 Å². The standard InChI is InChI=1S/C34H39N5O/c1-26(40)38-32(21-27-9-3-2-4-10-27)25-39(33-14-7-11-30-12-8-20-37-34(30)33)24-29-17-15-28(16-18-29)22-35-23-31-13-5-6-19-36-31/h2-6,8-10,12-13,15-20,32-33,35H,7,11,14,21-25H2,1H3,(H,38,40)/t32-,33?/m0/s1. The molecule has 0 bridgehead atoms. The molecule has 1 aliphatic carbocycles. The first-order valence-corrected chi connectivity index (χ1v) is 14.3. The third-order valence-corrected chi connectivity index (χ3v) is 7.56. The number of carbonyl (C=O) groups excluding carboxylic acids is 1. The Morgan fingerprint density at radius 3 is 2.42 bits per heavy atom. The molecule has 2 atom stereocenters.